The normalized spacial score (nSPS) is 18.2. The van der Waals surface area contributed by atoms with Crippen LogP contribution < -0.4 is 5.56 Å². The quantitative estimate of drug-likeness (QED) is 0.915. The van der Waals surface area contributed by atoms with Crippen molar-refractivity contribution in [2.75, 3.05) is 6.54 Å². The summed E-state index contributed by atoms with van der Waals surface area (Å²) in [6, 6.07) is 5.05. The predicted octanol–water partition coefficient (Wildman–Crippen LogP) is 1.96. The number of hydrogen-bond acceptors (Lipinski definition) is 4. The first-order valence-corrected chi connectivity index (χ1v) is 7.00. The molecule has 0 spiro atoms. The van der Waals surface area contributed by atoms with Gasteiger partial charge in [-0.15, -0.1) is 0 Å². The summed E-state index contributed by atoms with van der Waals surface area (Å²) >= 11 is 0. The predicted molar refractivity (Wildman–Crippen MR) is 76.1 cm³/mol. The van der Waals surface area contributed by atoms with E-state index in [1.54, 1.807) is 24.0 Å². The minimum absolute atomic E-state index is 0.115. The third-order valence-corrected chi connectivity index (χ3v) is 3.79. The number of carbonyl (C=O) groups excluding carboxylic acids is 1. The Morgan fingerprint density at radius 3 is 2.90 bits per heavy atom. The molecule has 1 N–H and O–H groups in total. The molecule has 3 heterocycles. The van der Waals surface area contributed by atoms with Crippen LogP contribution in [-0.2, 0) is 0 Å². The Hall–Kier alpha value is -2.37. The van der Waals surface area contributed by atoms with E-state index in [-0.39, 0.29) is 23.1 Å². The molecule has 1 saturated heterocycles. The molecule has 1 fully saturated rings. The van der Waals surface area contributed by atoms with E-state index in [0.717, 1.165) is 30.0 Å². The molecule has 1 aliphatic heterocycles. The van der Waals surface area contributed by atoms with Gasteiger partial charge in [0.1, 0.15) is 17.0 Å². The van der Waals surface area contributed by atoms with E-state index >= 15 is 0 Å². The van der Waals surface area contributed by atoms with Crippen molar-refractivity contribution in [1.29, 1.82) is 0 Å². The maximum Gasteiger partial charge on any atom is 0.260 e. The summed E-state index contributed by atoms with van der Waals surface area (Å²) in [5, 5.41) is 4.01. The number of nitrogens with zero attached hydrogens (tertiary/aromatic N) is 2. The molecule has 6 nitrogen and oxygen atoms in total. The molecule has 2 aromatic heterocycles. The number of aromatic nitrogens is 2. The van der Waals surface area contributed by atoms with Gasteiger partial charge in [-0.1, -0.05) is 5.16 Å². The lowest BCUT2D eigenvalue weighted by Crippen LogP contribution is -2.34. The van der Waals surface area contributed by atoms with Crippen LogP contribution in [0.15, 0.2) is 27.5 Å². The summed E-state index contributed by atoms with van der Waals surface area (Å²) in [5.74, 6) is 0.469. The summed E-state index contributed by atoms with van der Waals surface area (Å²) in [4.78, 5) is 28.9. The number of nitrogens with one attached hydrogen (secondary N) is 1. The topological polar surface area (TPSA) is 79.2 Å². The van der Waals surface area contributed by atoms with E-state index in [1.807, 2.05) is 13.0 Å². The van der Waals surface area contributed by atoms with E-state index in [1.165, 1.54) is 0 Å². The summed E-state index contributed by atoms with van der Waals surface area (Å²) in [7, 11) is 0. The average Bonchev–Trinajstić information content (AvgIpc) is 3.06. The van der Waals surface area contributed by atoms with Crippen molar-refractivity contribution in [2.24, 2.45) is 0 Å². The smallest absolute Gasteiger partial charge is 0.260 e. The highest BCUT2D eigenvalue weighted by atomic mass is 16.5. The molecule has 21 heavy (non-hydrogen) atoms. The van der Waals surface area contributed by atoms with Gasteiger partial charge in [0.15, 0.2) is 0 Å². The minimum Gasteiger partial charge on any atom is -0.361 e. The highest BCUT2D eigenvalue weighted by Crippen LogP contribution is 2.32. The Balaban J connectivity index is 1.91. The summed E-state index contributed by atoms with van der Waals surface area (Å²) in [5.41, 5.74) is 1.32. The standard InChI is InChI=1S/C15H17N3O3/c1-9-5-6-11(14(19)16-9)15(20)18-7-3-4-13(18)12-8-10(2)21-17-12/h5-6,8,13H,3-4,7H2,1-2H3,(H,16,19)/t13-/m1/s1. The molecule has 6 heteroatoms. The zero-order chi connectivity index (χ0) is 15.0. The fraction of sp³-hybridized carbons (Fsp3) is 0.400. The fourth-order valence-electron chi connectivity index (χ4n) is 2.76. The molecular weight excluding hydrogens is 270 g/mol. The van der Waals surface area contributed by atoms with E-state index in [4.69, 9.17) is 4.52 Å². The molecule has 110 valence electrons. The van der Waals surface area contributed by atoms with Gasteiger partial charge in [-0.2, -0.15) is 0 Å². The molecule has 0 unspecified atom stereocenters. The number of aromatic amines is 1. The second-order valence-electron chi connectivity index (χ2n) is 5.40. The molecule has 0 radical (unpaired) electrons. The molecule has 0 bridgehead atoms. The highest BCUT2D eigenvalue weighted by Gasteiger charge is 2.33. The second kappa shape index (κ2) is 5.20. The van der Waals surface area contributed by atoms with Gasteiger partial charge in [0, 0.05) is 18.3 Å². The Bertz CT molecular complexity index is 732. The van der Waals surface area contributed by atoms with Gasteiger partial charge in [-0.05, 0) is 38.8 Å². The number of likely N-dealkylation sites (tertiary alicyclic amines) is 1. The lowest BCUT2D eigenvalue weighted by Gasteiger charge is -2.22. The molecule has 1 amide bonds. The van der Waals surface area contributed by atoms with Crippen LogP contribution in [0.1, 0.15) is 46.4 Å². The Morgan fingerprint density at radius 2 is 2.24 bits per heavy atom. The third-order valence-electron chi connectivity index (χ3n) is 3.79. The number of amides is 1. The highest BCUT2D eigenvalue weighted by molar-refractivity contribution is 5.94. The van der Waals surface area contributed by atoms with E-state index < -0.39 is 0 Å². The zero-order valence-corrected chi connectivity index (χ0v) is 12.0. The number of hydrogen-bond donors (Lipinski definition) is 1. The summed E-state index contributed by atoms with van der Waals surface area (Å²) < 4.78 is 5.09. The van der Waals surface area contributed by atoms with Crippen LogP contribution in [0.5, 0.6) is 0 Å². The summed E-state index contributed by atoms with van der Waals surface area (Å²) in [6.07, 6.45) is 1.73. The maximum atomic E-state index is 12.6. The zero-order valence-electron chi connectivity index (χ0n) is 12.0. The van der Waals surface area contributed by atoms with Crippen molar-refractivity contribution in [2.45, 2.75) is 32.7 Å². The molecular formula is C15H17N3O3. The molecule has 0 saturated carbocycles. The first-order valence-electron chi connectivity index (χ1n) is 7.00. The first kappa shape index (κ1) is 13.6. The molecule has 2 aromatic rings. The van der Waals surface area contributed by atoms with Gasteiger partial charge < -0.3 is 14.4 Å². The number of rotatable bonds is 2. The van der Waals surface area contributed by atoms with Gasteiger partial charge in [0.25, 0.3) is 11.5 Å². The fourth-order valence-corrected chi connectivity index (χ4v) is 2.76. The van der Waals surface area contributed by atoms with Crippen molar-refractivity contribution in [3.8, 4) is 0 Å². The minimum atomic E-state index is -0.345. The Kier molecular flexibility index (Phi) is 3.37. The van der Waals surface area contributed by atoms with Crippen LogP contribution in [0.2, 0.25) is 0 Å². The first-order chi connectivity index (χ1) is 10.1. The largest absolute Gasteiger partial charge is 0.361 e. The lowest BCUT2D eigenvalue weighted by molar-refractivity contribution is 0.0729. The Labute approximate surface area is 121 Å². The summed E-state index contributed by atoms with van der Waals surface area (Å²) in [6.45, 7) is 4.23. The van der Waals surface area contributed by atoms with Crippen LogP contribution >= 0.6 is 0 Å². The maximum absolute atomic E-state index is 12.6. The van der Waals surface area contributed by atoms with E-state index in [2.05, 4.69) is 10.1 Å². The van der Waals surface area contributed by atoms with Crippen molar-refractivity contribution >= 4 is 5.91 Å². The van der Waals surface area contributed by atoms with Crippen LogP contribution in [0.4, 0.5) is 0 Å². The Morgan fingerprint density at radius 1 is 1.43 bits per heavy atom. The molecule has 0 aromatic carbocycles. The van der Waals surface area contributed by atoms with E-state index in [0.29, 0.717) is 6.54 Å². The molecule has 0 aliphatic carbocycles. The van der Waals surface area contributed by atoms with Crippen LogP contribution in [0, 0.1) is 13.8 Å². The van der Waals surface area contributed by atoms with Crippen molar-refractivity contribution in [3.63, 3.8) is 0 Å². The van der Waals surface area contributed by atoms with Gasteiger partial charge in [-0.3, -0.25) is 9.59 Å². The van der Waals surface area contributed by atoms with Crippen LogP contribution in [0.3, 0.4) is 0 Å². The number of H-pyrrole nitrogens is 1. The van der Waals surface area contributed by atoms with Crippen molar-refractivity contribution < 1.29 is 9.32 Å². The van der Waals surface area contributed by atoms with Crippen molar-refractivity contribution in [1.82, 2.24) is 15.0 Å². The lowest BCUT2D eigenvalue weighted by atomic mass is 10.1. The average molecular weight is 287 g/mol. The SMILES string of the molecule is Cc1ccc(C(=O)N2CCC[C@@H]2c2cc(C)on2)c(=O)[nH]1. The number of carbonyl (C=O) groups is 1. The number of pyridine rings is 1. The van der Waals surface area contributed by atoms with Gasteiger partial charge in [0.2, 0.25) is 0 Å². The van der Waals surface area contributed by atoms with Crippen LogP contribution in [0.25, 0.3) is 0 Å². The molecule has 1 atom stereocenters. The van der Waals surface area contributed by atoms with Crippen LogP contribution in [-0.4, -0.2) is 27.5 Å². The van der Waals surface area contributed by atoms with Crippen molar-refractivity contribution in [3.05, 3.63) is 51.3 Å². The van der Waals surface area contributed by atoms with Gasteiger partial charge >= 0.3 is 0 Å². The second-order valence-corrected chi connectivity index (χ2v) is 5.40. The number of aryl methyl sites for hydroxylation is 2. The molecule has 3 rings (SSSR count). The van der Waals surface area contributed by atoms with E-state index in [9.17, 15) is 9.59 Å². The van der Waals surface area contributed by atoms with Gasteiger partial charge in [-0.25, -0.2) is 0 Å². The third kappa shape index (κ3) is 2.49. The monoisotopic (exact) mass is 287 g/mol. The molecule has 1 aliphatic rings. The van der Waals surface area contributed by atoms with Gasteiger partial charge in [0.05, 0.1) is 6.04 Å².